The van der Waals surface area contributed by atoms with Gasteiger partial charge in [-0.1, -0.05) is 13.8 Å². The zero-order chi connectivity index (χ0) is 22.3. The SMILES string of the molecule is COc1c(O)c(Br)c2c(c1OC)-c1c(c(Br)c(O)c(OC)c1OC)C[C@H](C)[C@H](C)C2. The number of fused-ring (bicyclic) bond motifs is 3. The molecule has 8 heteroatoms. The molecule has 0 amide bonds. The van der Waals surface area contributed by atoms with Crippen molar-refractivity contribution in [3.63, 3.8) is 0 Å². The number of ether oxygens (including phenoxy) is 4. The van der Waals surface area contributed by atoms with Crippen LogP contribution in [0.5, 0.6) is 34.5 Å². The standard InChI is InChI=1S/C22H26Br2O6/c1-9-7-11-13(19(27-3)21(29-5)17(25)15(11)23)14-12(8-10(9)2)16(24)18(26)22(30-6)20(14)28-4/h9-10,25-26H,7-8H2,1-6H3/t9-,10+. The van der Waals surface area contributed by atoms with Gasteiger partial charge in [0.15, 0.2) is 23.0 Å². The molecule has 2 N–H and O–H groups in total. The topological polar surface area (TPSA) is 77.4 Å². The molecule has 6 nitrogen and oxygen atoms in total. The second kappa shape index (κ2) is 8.75. The lowest BCUT2D eigenvalue weighted by Crippen LogP contribution is -2.19. The first-order valence-electron chi connectivity index (χ1n) is 9.54. The average molecular weight is 546 g/mol. The predicted molar refractivity (Wildman–Crippen MR) is 123 cm³/mol. The van der Waals surface area contributed by atoms with Crippen LogP contribution < -0.4 is 18.9 Å². The second-order valence-corrected chi connectivity index (χ2v) is 9.11. The van der Waals surface area contributed by atoms with Crippen LogP contribution in [0.4, 0.5) is 0 Å². The third kappa shape index (κ3) is 3.38. The predicted octanol–water partition coefficient (Wildman–Crippen LogP) is 5.70. The van der Waals surface area contributed by atoms with Gasteiger partial charge in [-0.15, -0.1) is 0 Å². The Morgan fingerprint density at radius 3 is 1.20 bits per heavy atom. The molecule has 0 saturated heterocycles. The lowest BCUT2D eigenvalue weighted by Gasteiger charge is -2.31. The summed E-state index contributed by atoms with van der Waals surface area (Å²) in [4.78, 5) is 0. The van der Waals surface area contributed by atoms with Crippen LogP contribution in [0.1, 0.15) is 25.0 Å². The minimum Gasteiger partial charge on any atom is -0.503 e. The van der Waals surface area contributed by atoms with E-state index in [1.165, 1.54) is 28.4 Å². The van der Waals surface area contributed by atoms with Gasteiger partial charge >= 0.3 is 0 Å². The number of aromatic hydroxyl groups is 2. The Morgan fingerprint density at radius 1 is 0.633 bits per heavy atom. The van der Waals surface area contributed by atoms with Crippen LogP contribution in [0.15, 0.2) is 8.95 Å². The molecular formula is C22H26Br2O6. The van der Waals surface area contributed by atoms with Crippen LogP contribution in [0.25, 0.3) is 11.1 Å². The Hall–Kier alpha value is -1.80. The summed E-state index contributed by atoms with van der Waals surface area (Å²) in [7, 11) is 6.04. The zero-order valence-corrected chi connectivity index (χ0v) is 21.0. The van der Waals surface area contributed by atoms with E-state index in [0.29, 0.717) is 45.1 Å². The maximum atomic E-state index is 10.8. The number of halogens is 2. The maximum Gasteiger partial charge on any atom is 0.204 e. The molecule has 2 atom stereocenters. The molecule has 1 aliphatic rings. The van der Waals surface area contributed by atoms with Crippen molar-refractivity contribution in [1.29, 1.82) is 0 Å². The number of phenols is 2. The van der Waals surface area contributed by atoms with Crippen LogP contribution in [-0.2, 0) is 12.8 Å². The van der Waals surface area contributed by atoms with E-state index >= 15 is 0 Å². The normalized spacial score (nSPS) is 18.0. The van der Waals surface area contributed by atoms with Gasteiger partial charge in [0, 0.05) is 11.1 Å². The third-order valence-electron chi connectivity index (χ3n) is 5.94. The number of methoxy groups -OCH3 is 4. The van der Waals surface area contributed by atoms with Gasteiger partial charge in [0.1, 0.15) is 0 Å². The molecule has 2 aromatic rings. The first-order valence-corrected chi connectivity index (χ1v) is 11.1. The molecular weight excluding hydrogens is 520 g/mol. The highest BCUT2D eigenvalue weighted by Crippen LogP contribution is 2.59. The van der Waals surface area contributed by atoms with Gasteiger partial charge in [0.05, 0.1) is 37.4 Å². The van der Waals surface area contributed by atoms with Gasteiger partial charge in [0.25, 0.3) is 0 Å². The summed E-state index contributed by atoms with van der Waals surface area (Å²) in [5, 5.41) is 21.6. The Labute approximate surface area is 193 Å². The van der Waals surface area contributed by atoms with E-state index in [2.05, 4.69) is 45.7 Å². The summed E-state index contributed by atoms with van der Waals surface area (Å²) in [5.74, 6) is 1.81. The number of hydrogen-bond acceptors (Lipinski definition) is 6. The van der Waals surface area contributed by atoms with Crippen LogP contribution in [0.2, 0.25) is 0 Å². The molecule has 0 heterocycles. The first-order chi connectivity index (χ1) is 14.2. The minimum absolute atomic E-state index is 0.0150. The van der Waals surface area contributed by atoms with Crippen molar-refractivity contribution in [2.75, 3.05) is 28.4 Å². The van der Waals surface area contributed by atoms with E-state index in [0.717, 1.165) is 22.3 Å². The number of hydrogen-bond donors (Lipinski definition) is 2. The van der Waals surface area contributed by atoms with E-state index in [9.17, 15) is 10.2 Å². The summed E-state index contributed by atoms with van der Waals surface area (Å²) in [6, 6.07) is 0. The summed E-state index contributed by atoms with van der Waals surface area (Å²) in [6.07, 6.45) is 1.41. The number of benzene rings is 2. The van der Waals surface area contributed by atoms with E-state index in [-0.39, 0.29) is 23.0 Å². The molecule has 0 aliphatic heterocycles. The molecule has 0 fully saturated rings. The summed E-state index contributed by atoms with van der Waals surface area (Å²) < 4.78 is 23.6. The Kier molecular flexibility index (Phi) is 6.67. The second-order valence-electron chi connectivity index (χ2n) is 7.53. The van der Waals surface area contributed by atoms with Crippen LogP contribution >= 0.6 is 31.9 Å². The maximum absolute atomic E-state index is 10.8. The monoisotopic (exact) mass is 544 g/mol. The fraction of sp³-hybridized carbons (Fsp3) is 0.455. The van der Waals surface area contributed by atoms with Crippen molar-refractivity contribution in [2.24, 2.45) is 11.8 Å². The minimum atomic E-state index is -0.0150. The summed E-state index contributed by atoms with van der Waals surface area (Å²) >= 11 is 7.15. The molecule has 0 aromatic heterocycles. The summed E-state index contributed by atoms with van der Waals surface area (Å²) in [5.41, 5.74) is 3.24. The van der Waals surface area contributed by atoms with Crippen molar-refractivity contribution >= 4 is 31.9 Å². The van der Waals surface area contributed by atoms with Crippen molar-refractivity contribution in [1.82, 2.24) is 0 Å². The molecule has 0 spiro atoms. The molecule has 1 aliphatic carbocycles. The van der Waals surface area contributed by atoms with Gasteiger partial charge in [-0.05, 0) is 67.7 Å². The highest BCUT2D eigenvalue weighted by Gasteiger charge is 2.36. The quantitative estimate of drug-likeness (QED) is 0.513. The van der Waals surface area contributed by atoms with E-state index in [1.54, 1.807) is 0 Å². The number of rotatable bonds is 4. The largest absolute Gasteiger partial charge is 0.503 e. The Morgan fingerprint density at radius 2 is 0.933 bits per heavy atom. The van der Waals surface area contributed by atoms with Crippen molar-refractivity contribution < 1.29 is 29.2 Å². The van der Waals surface area contributed by atoms with Crippen molar-refractivity contribution in [3.8, 4) is 45.6 Å². The molecule has 0 unspecified atom stereocenters. The molecule has 0 bridgehead atoms. The molecule has 3 rings (SSSR count). The van der Waals surface area contributed by atoms with E-state index in [4.69, 9.17) is 18.9 Å². The zero-order valence-electron chi connectivity index (χ0n) is 17.9. The molecule has 2 aromatic carbocycles. The molecule has 0 saturated carbocycles. The van der Waals surface area contributed by atoms with Gasteiger partial charge in [-0.2, -0.15) is 0 Å². The third-order valence-corrected chi connectivity index (χ3v) is 7.64. The van der Waals surface area contributed by atoms with Gasteiger partial charge in [0.2, 0.25) is 11.5 Å². The van der Waals surface area contributed by atoms with Crippen LogP contribution in [-0.4, -0.2) is 38.7 Å². The highest BCUT2D eigenvalue weighted by atomic mass is 79.9. The molecule has 30 heavy (non-hydrogen) atoms. The Balaban J connectivity index is 2.62. The van der Waals surface area contributed by atoms with Gasteiger partial charge < -0.3 is 29.2 Å². The molecule has 0 radical (unpaired) electrons. The van der Waals surface area contributed by atoms with Crippen molar-refractivity contribution in [2.45, 2.75) is 26.7 Å². The lowest BCUT2D eigenvalue weighted by molar-refractivity contribution is 0.324. The van der Waals surface area contributed by atoms with Crippen LogP contribution in [0.3, 0.4) is 0 Å². The first kappa shape index (κ1) is 22.9. The van der Waals surface area contributed by atoms with E-state index in [1.807, 2.05) is 0 Å². The fourth-order valence-corrected chi connectivity index (χ4v) is 5.23. The molecule has 164 valence electrons. The highest BCUT2D eigenvalue weighted by molar-refractivity contribution is 9.11. The van der Waals surface area contributed by atoms with Crippen molar-refractivity contribution in [3.05, 3.63) is 20.1 Å². The average Bonchev–Trinajstić information content (AvgIpc) is 2.73. The van der Waals surface area contributed by atoms with Crippen LogP contribution in [0, 0.1) is 11.8 Å². The van der Waals surface area contributed by atoms with E-state index < -0.39 is 0 Å². The van der Waals surface area contributed by atoms with Gasteiger partial charge in [-0.25, -0.2) is 0 Å². The fourth-order valence-electron chi connectivity index (χ4n) is 4.15. The smallest absolute Gasteiger partial charge is 0.204 e. The van der Waals surface area contributed by atoms with Gasteiger partial charge in [-0.3, -0.25) is 0 Å². The lowest BCUT2D eigenvalue weighted by atomic mass is 9.77. The Bertz CT molecular complexity index is 910. The summed E-state index contributed by atoms with van der Waals surface area (Å²) in [6.45, 7) is 4.35. The number of phenolic OH excluding ortho intramolecular Hbond substituents is 2.